The van der Waals surface area contributed by atoms with Crippen molar-refractivity contribution in [3.05, 3.63) is 75.7 Å². The largest absolute Gasteiger partial charge is 0.494 e. The van der Waals surface area contributed by atoms with Gasteiger partial charge >= 0.3 is 0 Å². The lowest BCUT2D eigenvalue weighted by atomic mass is 10.0. The van der Waals surface area contributed by atoms with Crippen LogP contribution in [-0.2, 0) is 11.3 Å². The van der Waals surface area contributed by atoms with Gasteiger partial charge in [0.05, 0.1) is 18.3 Å². The molecular weight excluding hydrogens is 410 g/mol. The topological polar surface area (TPSA) is 73.2 Å². The molecule has 6 nitrogen and oxygen atoms in total. The number of benzene rings is 2. The number of aryl methyl sites for hydroxylation is 2. The predicted molar refractivity (Wildman–Crippen MR) is 125 cm³/mol. The molecule has 0 fully saturated rings. The maximum Gasteiger partial charge on any atom is 0.263 e. The van der Waals surface area contributed by atoms with Gasteiger partial charge in [-0.3, -0.25) is 14.2 Å². The first-order valence-corrected chi connectivity index (χ1v) is 10.9. The Morgan fingerprint density at radius 3 is 2.61 bits per heavy atom. The summed E-state index contributed by atoms with van der Waals surface area (Å²) in [6.45, 7) is 6.49. The van der Waals surface area contributed by atoms with Gasteiger partial charge in [-0.2, -0.15) is 0 Å². The van der Waals surface area contributed by atoms with Crippen LogP contribution in [0.25, 0.3) is 21.3 Å². The Bertz CT molecular complexity index is 1310. The number of nitrogens with one attached hydrogen (secondary N) is 1. The van der Waals surface area contributed by atoms with Gasteiger partial charge in [-0.1, -0.05) is 18.2 Å². The van der Waals surface area contributed by atoms with Gasteiger partial charge < -0.3 is 10.1 Å². The summed E-state index contributed by atoms with van der Waals surface area (Å²) >= 11 is 1.43. The average Bonchev–Trinajstić information content (AvgIpc) is 3.19. The van der Waals surface area contributed by atoms with E-state index in [4.69, 9.17) is 4.74 Å². The van der Waals surface area contributed by atoms with E-state index in [0.29, 0.717) is 22.5 Å². The second kappa shape index (κ2) is 8.73. The van der Waals surface area contributed by atoms with Crippen molar-refractivity contribution < 1.29 is 9.53 Å². The highest BCUT2D eigenvalue weighted by Gasteiger charge is 2.15. The van der Waals surface area contributed by atoms with Crippen LogP contribution < -0.4 is 15.6 Å². The van der Waals surface area contributed by atoms with Gasteiger partial charge in [0.2, 0.25) is 5.91 Å². The van der Waals surface area contributed by atoms with Crippen molar-refractivity contribution in [2.24, 2.45) is 0 Å². The fraction of sp³-hybridized carbons (Fsp3) is 0.208. The molecule has 1 N–H and O–H groups in total. The van der Waals surface area contributed by atoms with Gasteiger partial charge in [-0.25, -0.2) is 4.98 Å². The summed E-state index contributed by atoms with van der Waals surface area (Å²) in [6, 6.07) is 13.3. The number of nitrogens with zero attached hydrogens (tertiary/aromatic N) is 2. The van der Waals surface area contributed by atoms with Gasteiger partial charge in [-0.05, 0) is 61.7 Å². The molecule has 2 aromatic carbocycles. The zero-order valence-electron chi connectivity index (χ0n) is 17.6. The lowest BCUT2D eigenvalue weighted by Crippen LogP contribution is -2.27. The molecule has 2 heterocycles. The fourth-order valence-corrected chi connectivity index (χ4v) is 4.26. The first-order valence-electron chi connectivity index (χ1n) is 10.0. The first kappa shape index (κ1) is 20.8. The molecule has 1 amide bonds. The highest BCUT2D eigenvalue weighted by molar-refractivity contribution is 7.17. The fourth-order valence-electron chi connectivity index (χ4n) is 3.36. The summed E-state index contributed by atoms with van der Waals surface area (Å²) in [5.74, 6) is 0.443. The van der Waals surface area contributed by atoms with Crippen molar-refractivity contribution in [3.63, 3.8) is 0 Å². The number of thiophene rings is 1. The van der Waals surface area contributed by atoms with Crippen LogP contribution in [-0.4, -0.2) is 22.1 Å². The zero-order chi connectivity index (χ0) is 22.0. The maximum absolute atomic E-state index is 13.2. The molecule has 7 heteroatoms. The average molecular weight is 434 g/mol. The summed E-state index contributed by atoms with van der Waals surface area (Å²) in [6.07, 6.45) is 1.43. The van der Waals surface area contributed by atoms with E-state index in [1.807, 2.05) is 24.4 Å². The van der Waals surface area contributed by atoms with Crippen LogP contribution in [0.1, 0.15) is 18.1 Å². The second-order valence-corrected chi connectivity index (χ2v) is 8.17. The molecular formula is C24H23N3O3S. The number of hydrogen-bond donors (Lipinski definition) is 1. The van der Waals surface area contributed by atoms with Gasteiger partial charge in [0.15, 0.2) is 0 Å². The molecule has 0 saturated carbocycles. The molecule has 0 unspecified atom stereocenters. The quantitative estimate of drug-likeness (QED) is 0.475. The standard InChI is InChI=1S/C24H23N3O3S/c1-4-30-19-9-7-18(8-10-19)26-21(28)12-27-14-25-23-22(24(27)29)20(13-31-23)17-6-5-15(2)16(3)11-17/h5-11,13-14H,4,12H2,1-3H3,(H,26,28). The summed E-state index contributed by atoms with van der Waals surface area (Å²) < 4.78 is 6.76. The van der Waals surface area contributed by atoms with Crippen LogP contribution in [0.4, 0.5) is 5.69 Å². The van der Waals surface area contributed by atoms with E-state index in [0.717, 1.165) is 22.4 Å². The number of hydrogen-bond acceptors (Lipinski definition) is 5. The van der Waals surface area contributed by atoms with E-state index < -0.39 is 0 Å². The lowest BCUT2D eigenvalue weighted by molar-refractivity contribution is -0.116. The number of anilines is 1. The molecule has 31 heavy (non-hydrogen) atoms. The number of fused-ring (bicyclic) bond motifs is 1. The molecule has 0 radical (unpaired) electrons. The number of carbonyl (C=O) groups is 1. The minimum Gasteiger partial charge on any atom is -0.494 e. The Balaban J connectivity index is 1.59. The minimum absolute atomic E-state index is 0.114. The number of amides is 1. The van der Waals surface area contributed by atoms with Crippen molar-refractivity contribution in [3.8, 4) is 16.9 Å². The number of carbonyl (C=O) groups excluding carboxylic acids is 1. The Morgan fingerprint density at radius 2 is 1.90 bits per heavy atom. The number of rotatable bonds is 6. The van der Waals surface area contributed by atoms with Crippen molar-refractivity contribution >= 4 is 33.1 Å². The molecule has 0 bridgehead atoms. The molecule has 0 aliphatic rings. The Hall–Kier alpha value is -3.45. The van der Waals surface area contributed by atoms with Crippen molar-refractivity contribution in [1.29, 1.82) is 0 Å². The predicted octanol–water partition coefficient (Wildman–Crippen LogP) is 4.78. The summed E-state index contributed by atoms with van der Waals surface area (Å²) in [5.41, 5.74) is 4.61. The monoisotopic (exact) mass is 433 g/mol. The lowest BCUT2D eigenvalue weighted by Gasteiger charge is -2.09. The third-order valence-corrected chi connectivity index (χ3v) is 6.03. The van der Waals surface area contributed by atoms with Crippen LogP contribution in [0.3, 0.4) is 0 Å². The summed E-state index contributed by atoms with van der Waals surface area (Å²) in [4.78, 5) is 30.8. The van der Waals surface area contributed by atoms with Gasteiger partial charge in [0.1, 0.15) is 17.1 Å². The van der Waals surface area contributed by atoms with Crippen LogP contribution in [0.15, 0.2) is 59.0 Å². The van der Waals surface area contributed by atoms with E-state index in [9.17, 15) is 9.59 Å². The Kier molecular flexibility index (Phi) is 5.86. The highest BCUT2D eigenvalue weighted by Crippen LogP contribution is 2.31. The zero-order valence-corrected chi connectivity index (χ0v) is 18.5. The third kappa shape index (κ3) is 4.36. The van der Waals surface area contributed by atoms with Gasteiger partial charge in [-0.15, -0.1) is 11.3 Å². The third-order valence-electron chi connectivity index (χ3n) is 5.14. The maximum atomic E-state index is 13.2. The van der Waals surface area contributed by atoms with Crippen molar-refractivity contribution in [2.45, 2.75) is 27.3 Å². The minimum atomic E-state index is -0.296. The van der Waals surface area contributed by atoms with E-state index in [1.54, 1.807) is 24.3 Å². The van der Waals surface area contributed by atoms with Crippen LogP contribution in [0.2, 0.25) is 0 Å². The number of ether oxygens (including phenoxy) is 1. The van der Waals surface area contributed by atoms with E-state index in [-0.39, 0.29) is 18.0 Å². The molecule has 4 rings (SSSR count). The van der Waals surface area contributed by atoms with Crippen LogP contribution in [0.5, 0.6) is 5.75 Å². The normalized spacial score (nSPS) is 10.9. The summed E-state index contributed by atoms with van der Waals surface area (Å²) in [7, 11) is 0. The van der Waals surface area contributed by atoms with Gasteiger partial charge in [0, 0.05) is 16.6 Å². The van der Waals surface area contributed by atoms with E-state index in [1.165, 1.54) is 27.8 Å². The summed E-state index contributed by atoms with van der Waals surface area (Å²) in [5, 5.41) is 5.31. The number of aromatic nitrogens is 2. The second-order valence-electron chi connectivity index (χ2n) is 7.31. The first-order chi connectivity index (χ1) is 15.0. The molecule has 0 aliphatic heterocycles. The Morgan fingerprint density at radius 1 is 1.13 bits per heavy atom. The van der Waals surface area contributed by atoms with Crippen molar-refractivity contribution in [1.82, 2.24) is 9.55 Å². The molecule has 0 saturated heterocycles. The van der Waals surface area contributed by atoms with Crippen molar-refractivity contribution in [2.75, 3.05) is 11.9 Å². The molecule has 0 atom stereocenters. The van der Waals surface area contributed by atoms with Gasteiger partial charge in [0.25, 0.3) is 5.56 Å². The van der Waals surface area contributed by atoms with Crippen LogP contribution >= 0.6 is 11.3 Å². The SMILES string of the molecule is CCOc1ccc(NC(=O)Cn2cnc3scc(-c4ccc(C)c(C)c4)c3c2=O)cc1. The van der Waals surface area contributed by atoms with E-state index in [2.05, 4.69) is 30.2 Å². The molecule has 2 aromatic heterocycles. The highest BCUT2D eigenvalue weighted by atomic mass is 32.1. The molecule has 4 aromatic rings. The smallest absolute Gasteiger partial charge is 0.263 e. The Labute approximate surface area is 184 Å². The molecule has 0 spiro atoms. The van der Waals surface area contributed by atoms with Crippen LogP contribution in [0, 0.1) is 13.8 Å². The molecule has 0 aliphatic carbocycles. The van der Waals surface area contributed by atoms with E-state index >= 15 is 0 Å². The molecule has 158 valence electrons.